The second-order valence-corrected chi connectivity index (χ2v) is 8.94. The zero-order valence-corrected chi connectivity index (χ0v) is 21.8. The molecule has 1 atom stereocenters. The molecule has 1 aliphatic rings. The van der Waals surface area contributed by atoms with Crippen LogP contribution in [0.3, 0.4) is 0 Å². The van der Waals surface area contributed by atoms with Crippen molar-refractivity contribution in [1.82, 2.24) is 9.88 Å². The predicted octanol–water partition coefficient (Wildman–Crippen LogP) is 3.69. The average molecular weight is 521 g/mol. The van der Waals surface area contributed by atoms with Crippen LogP contribution in [0.1, 0.15) is 45.9 Å². The first-order valence-corrected chi connectivity index (χ1v) is 12.5. The first-order valence-electron chi connectivity index (χ1n) is 12.5. The van der Waals surface area contributed by atoms with E-state index in [2.05, 4.69) is 4.98 Å². The monoisotopic (exact) mass is 520 g/mol. The zero-order chi connectivity index (χ0) is 27.1. The van der Waals surface area contributed by atoms with E-state index in [9.17, 15) is 14.4 Å². The molecular formula is C29H32N2O7. The Hall–Kier alpha value is -4.11. The topological polar surface area (TPSA) is 107 Å². The van der Waals surface area contributed by atoms with Crippen molar-refractivity contribution >= 4 is 11.9 Å². The summed E-state index contributed by atoms with van der Waals surface area (Å²) in [6, 6.07) is 17.1. The number of benzene rings is 2. The van der Waals surface area contributed by atoms with Gasteiger partial charge in [0.25, 0.3) is 5.56 Å². The van der Waals surface area contributed by atoms with E-state index in [-0.39, 0.29) is 28.9 Å². The first kappa shape index (κ1) is 26.9. The van der Waals surface area contributed by atoms with E-state index < -0.39 is 11.5 Å². The lowest BCUT2D eigenvalue weighted by atomic mass is 9.86. The van der Waals surface area contributed by atoms with Gasteiger partial charge in [0.15, 0.2) is 5.75 Å². The normalized spacial score (nSPS) is 14.0. The number of pyridine rings is 1. The number of hydrogen-bond donors (Lipinski definition) is 1. The number of nitrogens with one attached hydrogen (secondary N) is 1. The minimum absolute atomic E-state index is 0.00643. The van der Waals surface area contributed by atoms with E-state index in [1.165, 1.54) is 14.2 Å². The van der Waals surface area contributed by atoms with Crippen LogP contribution in [0.5, 0.6) is 17.2 Å². The van der Waals surface area contributed by atoms with Crippen LogP contribution in [-0.4, -0.2) is 62.3 Å². The summed E-state index contributed by atoms with van der Waals surface area (Å²) >= 11 is 0. The van der Waals surface area contributed by atoms with Crippen LogP contribution in [0.4, 0.5) is 0 Å². The predicted molar refractivity (Wildman–Crippen MR) is 141 cm³/mol. The van der Waals surface area contributed by atoms with E-state index >= 15 is 0 Å². The van der Waals surface area contributed by atoms with Gasteiger partial charge in [-0.15, -0.1) is 0 Å². The van der Waals surface area contributed by atoms with Gasteiger partial charge in [-0.05, 0) is 25.0 Å². The largest absolute Gasteiger partial charge is 0.492 e. The maximum absolute atomic E-state index is 13.4. The molecule has 1 fully saturated rings. The molecule has 0 saturated carbocycles. The molecule has 1 aliphatic heterocycles. The van der Waals surface area contributed by atoms with Crippen molar-refractivity contribution in [2.45, 2.75) is 25.7 Å². The third-order valence-electron chi connectivity index (χ3n) is 6.64. The number of aryl methyl sites for hydroxylation is 1. The lowest BCUT2D eigenvalue weighted by Crippen LogP contribution is -2.40. The number of para-hydroxylation sites is 1. The highest BCUT2D eigenvalue weighted by Gasteiger charge is 2.27. The van der Waals surface area contributed by atoms with Crippen molar-refractivity contribution in [3.63, 3.8) is 0 Å². The number of aromatic amines is 1. The highest BCUT2D eigenvalue weighted by atomic mass is 16.5. The van der Waals surface area contributed by atoms with E-state index in [4.69, 9.17) is 18.9 Å². The Morgan fingerprint density at radius 3 is 2.32 bits per heavy atom. The van der Waals surface area contributed by atoms with Crippen molar-refractivity contribution in [3.8, 4) is 17.2 Å². The second kappa shape index (κ2) is 12.4. The molecule has 200 valence electrons. The lowest BCUT2D eigenvalue weighted by molar-refractivity contribution is -0.135. The number of ether oxygens (including phenoxy) is 4. The van der Waals surface area contributed by atoms with E-state index in [0.29, 0.717) is 50.6 Å². The number of carbonyl (C=O) groups excluding carboxylic acids is 2. The number of H-pyrrole nitrogens is 1. The van der Waals surface area contributed by atoms with Crippen LogP contribution in [-0.2, 0) is 9.53 Å². The van der Waals surface area contributed by atoms with E-state index in [1.807, 2.05) is 47.4 Å². The van der Waals surface area contributed by atoms with Gasteiger partial charge >= 0.3 is 5.97 Å². The molecule has 38 heavy (non-hydrogen) atoms. The molecule has 9 nitrogen and oxygen atoms in total. The molecule has 1 saturated heterocycles. The Balaban J connectivity index is 1.66. The van der Waals surface area contributed by atoms with Crippen LogP contribution in [0.15, 0.2) is 59.4 Å². The zero-order valence-electron chi connectivity index (χ0n) is 21.8. The minimum Gasteiger partial charge on any atom is -0.492 e. The summed E-state index contributed by atoms with van der Waals surface area (Å²) in [5.41, 5.74) is 1.64. The van der Waals surface area contributed by atoms with Crippen LogP contribution in [0.2, 0.25) is 0 Å². The number of rotatable bonds is 9. The third-order valence-corrected chi connectivity index (χ3v) is 6.64. The molecule has 0 aliphatic carbocycles. The Bertz CT molecular complexity index is 1330. The van der Waals surface area contributed by atoms with Crippen molar-refractivity contribution < 1.29 is 28.5 Å². The molecule has 1 aromatic heterocycles. The number of carbonyl (C=O) groups is 2. The number of hydrogen-bond acceptors (Lipinski definition) is 7. The molecule has 0 spiro atoms. The van der Waals surface area contributed by atoms with Gasteiger partial charge in [0.2, 0.25) is 11.7 Å². The van der Waals surface area contributed by atoms with Crippen LogP contribution < -0.4 is 19.8 Å². The third kappa shape index (κ3) is 5.89. The molecule has 2 heterocycles. The fourth-order valence-electron chi connectivity index (χ4n) is 4.74. The molecule has 9 heteroatoms. The van der Waals surface area contributed by atoms with Crippen LogP contribution in [0, 0.1) is 6.92 Å². The highest BCUT2D eigenvalue weighted by Crippen LogP contribution is 2.37. The Kier molecular flexibility index (Phi) is 8.81. The molecule has 1 amide bonds. The van der Waals surface area contributed by atoms with Crippen molar-refractivity contribution in [2.75, 3.05) is 40.5 Å². The molecule has 1 unspecified atom stereocenters. The van der Waals surface area contributed by atoms with Crippen molar-refractivity contribution in [1.29, 1.82) is 0 Å². The van der Waals surface area contributed by atoms with Gasteiger partial charge in [0.1, 0.15) is 11.3 Å². The number of morpholine rings is 1. The fourth-order valence-corrected chi connectivity index (χ4v) is 4.74. The summed E-state index contributed by atoms with van der Waals surface area (Å²) in [6.07, 6.45) is 0.871. The van der Waals surface area contributed by atoms with E-state index in [1.54, 1.807) is 19.1 Å². The molecular weight excluding hydrogens is 488 g/mol. The van der Waals surface area contributed by atoms with Crippen molar-refractivity contribution in [2.24, 2.45) is 0 Å². The first-order chi connectivity index (χ1) is 18.4. The molecule has 0 bridgehead atoms. The molecule has 2 aromatic carbocycles. The van der Waals surface area contributed by atoms with Gasteiger partial charge in [0.05, 0.1) is 27.4 Å². The molecule has 3 aromatic rings. The highest BCUT2D eigenvalue weighted by molar-refractivity contribution is 5.96. The number of esters is 1. The molecule has 4 rings (SSSR count). The summed E-state index contributed by atoms with van der Waals surface area (Å²) in [6.45, 7) is 3.87. The number of nitrogens with zero attached hydrogens (tertiary/aromatic N) is 1. The average Bonchev–Trinajstić information content (AvgIpc) is 2.94. The fraction of sp³-hybridized carbons (Fsp3) is 0.345. The number of aromatic nitrogens is 1. The SMILES string of the molecule is COc1c(C(=O)Oc2ccccc2C(CCC(=O)N2CCOCC2)c2ccccc2)c(C)[nH]c(=O)c1OC. The van der Waals surface area contributed by atoms with E-state index in [0.717, 1.165) is 11.1 Å². The lowest BCUT2D eigenvalue weighted by Gasteiger charge is -2.28. The molecule has 1 N–H and O–H groups in total. The van der Waals surface area contributed by atoms with Crippen LogP contribution in [0.25, 0.3) is 0 Å². The quantitative estimate of drug-likeness (QED) is 0.339. The number of methoxy groups -OCH3 is 2. The maximum Gasteiger partial charge on any atom is 0.349 e. The van der Waals surface area contributed by atoms with Gasteiger partial charge in [0, 0.05) is 36.7 Å². The van der Waals surface area contributed by atoms with Crippen molar-refractivity contribution in [3.05, 3.63) is 87.3 Å². The summed E-state index contributed by atoms with van der Waals surface area (Å²) in [7, 11) is 2.69. The summed E-state index contributed by atoms with van der Waals surface area (Å²) < 4.78 is 21.8. The van der Waals surface area contributed by atoms with Gasteiger partial charge in [-0.25, -0.2) is 4.79 Å². The van der Waals surface area contributed by atoms with Gasteiger partial charge in [-0.2, -0.15) is 0 Å². The molecule has 0 radical (unpaired) electrons. The maximum atomic E-state index is 13.4. The smallest absolute Gasteiger partial charge is 0.349 e. The van der Waals surface area contributed by atoms with Gasteiger partial charge < -0.3 is 28.8 Å². The number of amides is 1. The minimum atomic E-state index is -0.697. The van der Waals surface area contributed by atoms with Gasteiger partial charge in [-0.1, -0.05) is 48.5 Å². The summed E-state index contributed by atoms with van der Waals surface area (Å²) in [4.78, 5) is 43.1. The van der Waals surface area contributed by atoms with Crippen LogP contribution >= 0.6 is 0 Å². The Labute approximate surface area is 221 Å². The Morgan fingerprint density at radius 1 is 0.974 bits per heavy atom. The summed E-state index contributed by atoms with van der Waals surface area (Å²) in [5.74, 6) is -0.564. The standard InChI is InChI=1S/C29H32N2O7/c1-19-25(26(35-2)27(36-3)28(33)30-19)29(34)38-23-12-8-7-11-22(23)21(20-9-5-4-6-10-20)13-14-24(32)31-15-17-37-18-16-31/h4-12,21H,13-18H2,1-3H3,(H,30,33). The Morgan fingerprint density at radius 2 is 1.63 bits per heavy atom. The summed E-state index contributed by atoms with van der Waals surface area (Å²) in [5, 5.41) is 0. The second-order valence-electron chi connectivity index (χ2n) is 8.94. The van der Waals surface area contributed by atoms with Gasteiger partial charge in [-0.3, -0.25) is 9.59 Å².